The van der Waals surface area contributed by atoms with E-state index >= 15 is 0 Å². The van der Waals surface area contributed by atoms with Gasteiger partial charge >= 0.3 is 0 Å². The Bertz CT molecular complexity index is 1180. The predicted octanol–water partition coefficient (Wildman–Crippen LogP) is 4.19. The number of methoxy groups -OCH3 is 1. The summed E-state index contributed by atoms with van der Waals surface area (Å²) in [5, 5.41) is 11.2. The number of nitrogens with zero attached hydrogens (tertiary/aromatic N) is 3. The lowest BCUT2D eigenvalue weighted by molar-refractivity contribution is -0.139. The minimum atomic E-state index is -0.709. The molecule has 0 radical (unpaired) electrons. The lowest BCUT2D eigenvalue weighted by atomic mass is 9.95. The molecule has 2 heterocycles. The smallest absolute Gasteiger partial charge is 0.295 e. The molecule has 1 atom stereocenters. The Hall–Kier alpha value is -4.07. The lowest BCUT2D eigenvalue weighted by Gasteiger charge is -2.25. The van der Waals surface area contributed by atoms with Gasteiger partial charge in [-0.1, -0.05) is 19.1 Å². The van der Waals surface area contributed by atoms with Crippen LogP contribution < -0.4 is 9.47 Å². The summed E-state index contributed by atoms with van der Waals surface area (Å²) >= 11 is 0. The molecular formula is C27H29N3O5. The van der Waals surface area contributed by atoms with Crippen LogP contribution in [0.15, 0.2) is 72.8 Å². The third-order valence-corrected chi connectivity index (χ3v) is 5.95. The van der Waals surface area contributed by atoms with Crippen LogP contribution in [0.3, 0.4) is 0 Å². The van der Waals surface area contributed by atoms with Gasteiger partial charge in [0.25, 0.3) is 11.7 Å². The number of amides is 1. The molecule has 1 N–H and O–H groups in total. The number of likely N-dealkylation sites (tertiary alicyclic amines) is 1. The van der Waals surface area contributed by atoms with Crippen molar-refractivity contribution in [2.75, 3.05) is 20.3 Å². The van der Waals surface area contributed by atoms with E-state index in [0.717, 1.165) is 12.0 Å². The number of rotatable bonds is 10. The molecule has 0 bridgehead atoms. The van der Waals surface area contributed by atoms with Crippen molar-refractivity contribution in [2.24, 2.45) is 0 Å². The van der Waals surface area contributed by atoms with Crippen molar-refractivity contribution in [3.05, 3.63) is 84.0 Å². The van der Waals surface area contributed by atoms with Crippen molar-refractivity contribution in [3.8, 4) is 11.5 Å². The Balaban J connectivity index is 1.68. The summed E-state index contributed by atoms with van der Waals surface area (Å²) in [7, 11) is 1.57. The minimum absolute atomic E-state index is 0.0741. The van der Waals surface area contributed by atoms with Crippen LogP contribution in [0.4, 0.5) is 0 Å². The Morgan fingerprint density at radius 1 is 1.03 bits per heavy atom. The Labute approximate surface area is 204 Å². The number of aryl methyl sites for hydroxylation is 1. The molecule has 1 aliphatic rings. The van der Waals surface area contributed by atoms with Crippen LogP contribution >= 0.6 is 0 Å². The van der Waals surface area contributed by atoms with Crippen LogP contribution in [0, 0.1) is 0 Å². The molecule has 2 aromatic carbocycles. The molecule has 8 nitrogen and oxygen atoms in total. The van der Waals surface area contributed by atoms with Gasteiger partial charge in [-0.15, -0.1) is 0 Å². The van der Waals surface area contributed by atoms with Crippen LogP contribution in [0.1, 0.15) is 36.9 Å². The van der Waals surface area contributed by atoms with Crippen LogP contribution in [-0.4, -0.2) is 51.5 Å². The van der Waals surface area contributed by atoms with Gasteiger partial charge in [0, 0.05) is 31.0 Å². The Morgan fingerprint density at radius 3 is 2.37 bits per heavy atom. The van der Waals surface area contributed by atoms with E-state index in [9.17, 15) is 14.7 Å². The van der Waals surface area contributed by atoms with Gasteiger partial charge < -0.3 is 24.0 Å². The van der Waals surface area contributed by atoms with Gasteiger partial charge in [-0.25, -0.2) is 4.98 Å². The fourth-order valence-corrected chi connectivity index (χ4v) is 4.17. The maximum Gasteiger partial charge on any atom is 0.295 e. The number of carbonyl (C=O) groups excluding carboxylic acids is 2. The van der Waals surface area contributed by atoms with E-state index in [2.05, 4.69) is 4.98 Å². The maximum absolute atomic E-state index is 13.2. The van der Waals surface area contributed by atoms with E-state index in [-0.39, 0.29) is 11.3 Å². The van der Waals surface area contributed by atoms with E-state index in [4.69, 9.17) is 9.47 Å². The fraction of sp³-hybridized carbons (Fsp3) is 0.296. The number of hydrogen-bond acceptors (Lipinski definition) is 6. The molecule has 0 unspecified atom stereocenters. The van der Waals surface area contributed by atoms with Gasteiger partial charge in [-0.05, 0) is 54.8 Å². The molecule has 1 amide bonds. The average molecular weight is 476 g/mol. The second-order valence-corrected chi connectivity index (χ2v) is 8.29. The first kappa shape index (κ1) is 24.1. The summed E-state index contributed by atoms with van der Waals surface area (Å²) in [4.78, 5) is 31.8. The van der Waals surface area contributed by atoms with Crippen molar-refractivity contribution in [3.63, 3.8) is 0 Å². The van der Waals surface area contributed by atoms with Crippen LogP contribution in [0.2, 0.25) is 0 Å². The third kappa shape index (κ3) is 5.21. The van der Waals surface area contributed by atoms with Gasteiger partial charge in [-0.2, -0.15) is 0 Å². The lowest BCUT2D eigenvalue weighted by Crippen LogP contribution is -2.31. The quantitative estimate of drug-likeness (QED) is 0.268. The number of Topliss-reactive ketones (excluding diaryl/α,β-unsaturated/α-hetero) is 1. The highest BCUT2D eigenvalue weighted by Gasteiger charge is 2.45. The van der Waals surface area contributed by atoms with E-state index in [0.29, 0.717) is 43.2 Å². The number of carbonyl (C=O) groups is 2. The standard InChI is InChI=1S/C27H29N3O5/c1-3-17-35-22-11-7-20(8-12-22)25(31)23-24(19-5-9-21(34-2)10-6-19)30(27(33)26(23)32)15-4-14-29-16-13-28-18-29/h5-13,16,18,24,31H,3-4,14-15,17H2,1-2H3/t24-/m1/s1. The van der Waals surface area contributed by atoms with E-state index in [1.165, 1.54) is 4.90 Å². The SMILES string of the molecule is CCCOc1ccc(C(O)=C2C(=O)C(=O)N(CCCn3ccnc3)[C@@H]2c2ccc(OC)cc2)cc1. The molecule has 0 spiro atoms. The van der Waals surface area contributed by atoms with Crippen LogP contribution in [0.25, 0.3) is 5.76 Å². The van der Waals surface area contributed by atoms with E-state index in [1.807, 2.05) is 29.8 Å². The maximum atomic E-state index is 13.2. The highest BCUT2D eigenvalue weighted by Crippen LogP contribution is 2.40. The number of hydrogen-bond donors (Lipinski definition) is 1. The molecule has 182 valence electrons. The molecular weight excluding hydrogens is 446 g/mol. The third-order valence-electron chi connectivity index (χ3n) is 5.95. The van der Waals surface area contributed by atoms with Gasteiger partial charge in [0.05, 0.1) is 31.7 Å². The highest BCUT2D eigenvalue weighted by molar-refractivity contribution is 6.46. The van der Waals surface area contributed by atoms with Crippen molar-refractivity contribution in [1.82, 2.24) is 14.5 Å². The zero-order chi connectivity index (χ0) is 24.8. The number of benzene rings is 2. The molecule has 35 heavy (non-hydrogen) atoms. The van der Waals surface area contributed by atoms with Crippen LogP contribution in [0.5, 0.6) is 11.5 Å². The number of imidazole rings is 1. The molecule has 1 saturated heterocycles. The van der Waals surface area contributed by atoms with Crippen molar-refractivity contribution in [1.29, 1.82) is 0 Å². The van der Waals surface area contributed by atoms with Gasteiger partial charge in [0.15, 0.2) is 0 Å². The first-order valence-corrected chi connectivity index (χ1v) is 11.6. The number of aliphatic hydroxyl groups excluding tert-OH is 1. The molecule has 1 aromatic heterocycles. The molecule has 0 aliphatic carbocycles. The molecule has 0 saturated carbocycles. The minimum Gasteiger partial charge on any atom is -0.507 e. The second-order valence-electron chi connectivity index (χ2n) is 8.29. The highest BCUT2D eigenvalue weighted by atomic mass is 16.5. The number of ether oxygens (including phenoxy) is 2. The second kappa shape index (κ2) is 10.9. The van der Waals surface area contributed by atoms with E-state index in [1.54, 1.807) is 56.0 Å². The molecule has 4 rings (SSSR count). The Morgan fingerprint density at radius 2 is 1.74 bits per heavy atom. The first-order valence-electron chi connectivity index (χ1n) is 11.6. The molecule has 8 heteroatoms. The summed E-state index contributed by atoms with van der Waals surface area (Å²) in [5.74, 6) is -0.190. The Kier molecular flexibility index (Phi) is 7.50. The summed E-state index contributed by atoms with van der Waals surface area (Å²) in [5.41, 5.74) is 1.24. The van der Waals surface area contributed by atoms with Gasteiger partial charge in [0.2, 0.25) is 0 Å². The normalized spacial score (nSPS) is 17.1. The van der Waals surface area contributed by atoms with Crippen LogP contribution in [-0.2, 0) is 16.1 Å². The van der Waals surface area contributed by atoms with Crippen molar-refractivity contribution >= 4 is 17.4 Å². The summed E-state index contributed by atoms with van der Waals surface area (Å²) in [6.07, 6.45) is 6.77. The van der Waals surface area contributed by atoms with E-state index < -0.39 is 17.7 Å². The molecule has 3 aromatic rings. The number of aliphatic hydroxyl groups is 1. The predicted molar refractivity (Wildman–Crippen MR) is 131 cm³/mol. The number of aromatic nitrogens is 2. The van der Waals surface area contributed by atoms with Gasteiger partial charge in [-0.3, -0.25) is 9.59 Å². The summed E-state index contributed by atoms with van der Waals surface area (Å²) in [6.45, 7) is 3.61. The first-order chi connectivity index (χ1) is 17.0. The fourth-order valence-electron chi connectivity index (χ4n) is 4.17. The topological polar surface area (TPSA) is 93.9 Å². The molecule has 1 aliphatic heterocycles. The summed E-state index contributed by atoms with van der Waals surface area (Å²) in [6, 6.07) is 13.3. The molecule has 1 fully saturated rings. The summed E-state index contributed by atoms with van der Waals surface area (Å²) < 4.78 is 12.8. The van der Waals surface area contributed by atoms with Crippen molar-refractivity contribution in [2.45, 2.75) is 32.4 Å². The monoisotopic (exact) mass is 475 g/mol. The van der Waals surface area contributed by atoms with Gasteiger partial charge in [0.1, 0.15) is 17.3 Å². The average Bonchev–Trinajstić information content (AvgIpc) is 3.50. The largest absolute Gasteiger partial charge is 0.507 e. The van der Waals surface area contributed by atoms with Crippen molar-refractivity contribution < 1.29 is 24.2 Å². The zero-order valence-electron chi connectivity index (χ0n) is 19.9. The number of ketones is 1. The zero-order valence-corrected chi connectivity index (χ0v) is 19.9.